The molecule has 2 aromatic carbocycles. The molecule has 0 fully saturated rings. The van der Waals surface area contributed by atoms with E-state index in [0.717, 1.165) is 27.6 Å². The number of hydrogen-bond donors (Lipinski definition) is 1. The summed E-state index contributed by atoms with van der Waals surface area (Å²) in [6, 6.07) is 9.40. The molecule has 0 radical (unpaired) electrons. The first-order valence-electron chi connectivity index (χ1n) is 12.1. The smallest absolute Gasteiger partial charge is 0.359 e. The lowest BCUT2D eigenvalue weighted by atomic mass is 10.0. The fourth-order valence-corrected chi connectivity index (χ4v) is 4.97. The van der Waals surface area contributed by atoms with Crippen LogP contribution >= 0.6 is 11.3 Å². The van der Waals surface area contributed by atoms with Crippen LogP contribution in [0.25, 0.3) is 16.5 Å². The number of aromatic nitrogens is 2. The Kier molecular flexibility index (Phi) is 8.14. The molecule has 2 aromatic heterocycles. The van der Waals surface area contributed by atoms with Crippen molar-refractivity contribution in [3.8, 4) is 17.2 Å². The van der Waals surface area contributed by atoms with E-state index in [-0.39, 0.29) is 51.1 Å². The maximum Gasteiger partial charge on any atom is 0.359 e. The van der Waals surface area contributed by atoms with E-state index >= 15 is 0 Å². The molecule has 13 heteroatoms. The van der Waals surface area contributed by atoms with Crippen LogP contribution in [0.5, 0.6) is 11.5 Å². The molecule has 1 N–H and O–H groups in total. The Labute approximate surface area is 232 Å². The average Bonchev–Trinajstić information content (AvgIpc) is 3.36. The predicted octanol–water partition coefficient (Wildman–Crippen LogP) is 4.93. The molecule has 0 saturated carbocycles. The third-order valence-corrected chi connectivity index (χ3v) is 6.99. The van der Waals surface area contributed by atoms with Crippen molar-refractivity contribution in [2.24, 2.45) is 0 Å². The van der Waals surface area contributed by atoms with Gasteiger partial charge in [0.15, 0.2) is 17.2 Å². The predicted molar refractivity (Wildman–Crippen MR) is 149 cm³/mol. The number of rotatable bonds is 9. The highest BCUT2D eigenvalue weighted by molar-refractivity contribution is 7.16. The van der Waals surface area contributed by atoms with Crippen molar-refractivity contribution >= 4 is 44.7 Å². The first-order valence-corrected chi connectivity index (χ1v) is 13.0. The lowest BCUT2D eigenvalue weighted by Gasteiger charge is -2.12. The molecule has 0 spiro atoms. The van der Waals surface area contributed by atoms with Crippen molar-refractivity contribution in [3.63, 3.8) is 0 Å². The molecule has 0 aliphatic rings. The van der Waals surface area contributed by atoms with Crippen molar-refractivity contribution in [2.45, 2.75) is 26.7 Å². The molecular formula is C27H26N4O8S. The van der Waals surface area contributed by atoms with E-state index in [9.17, 15) is 24.5 Å². The van der Waals surface area contributed by atoms with Gasteiger partial charge in [-0.1, -0.05) is 26.0 Å². The van der Waals surface area contributed by atoms with Gasteiger partial charge >= 0.3 is 5.97 Å². The van der Waals surface area contributed by atoms with Gasteiger partial charge in [-0.15, -0.1) is 11.3 Å². The summed E-state index contributed by atoms with van der Waals surface area (Å²) in [4.78, 5) is 50.8. The van der Waals surface area contributed by atoms with E-state index in [2.05, 4.69) is 10.4 Å². The average molecular weight is 567 g/mol. The number of fused-ring (bicyclic) bond motifs is 1. The lowest BCUT2D eigenvalue weighted by Crippen LogP contribution is -2.25. The number of nitrogens with one attached hydrogen (secondary N) is 1. The summed E-state index contributed by atoms with van der Waals surface area (Å²) in [6.07, 6.45) is 0. The van der Waals surface area contributed by atoms with Crippen LogP contribution in [0.15, 0.2) is 46.6 Å². The fourth-order valence-electron chi connectivity index (χ4n) is 4.04. The van der Waals surface area contributed by atoms with Crippen molar-refractivity contribution < 1.29 is 28.7 Å². The molecule has 12 nitrogen and oxygen atoms in total. The zero-order valence-corrected chi connectivity index (χ0v) is 23.2. The lowest BCUT2D eigenvalue weighted by molar-refractivity contribution is -0.385. The van der Waals surface area contributed by atoms with E-state index in [1.165, 1.54) is 25.7 Å². The first kappa shape index (κ1) is 28.2. The molecule has 1 amide bonds. The number of nitro groups is 1. The minimum atomic E-state index is -0.863. The second-order valence-electron chi connectivity index (χ2n) is 8.82. The molecule has 2 heterocycles. The molecule has 208 valence electrons. The number of esters is 1. The highest BCUT2D eigenvalue weighted by Gasteiger charge is 2.27. The van der Waals surface area contributed by atoms with Gasteiger partial charge in [-0.2, -0.15) is 9.78 Å². The van der Waals surface area contributed by atoms with Crippen molar-refractivity contribution in [1.29, 1.82) is 0 Å². The third-order valence-electron chi connectivity index (χ3n) is 6.10. The Hall–Kier alpha value is -4.78. The normalized spacial score (nSPS) is 10.9. The molecule has 0 atom stereocenters. The van der Waals surface area contributed by atoms with Crippen LogP contribution < -0.4 is 20.3 Å². The van der Waals surface area contributed by atoms with Gasteiger partial charge in [0.2, 0.25) is 0 Å². The minimum absolute atomic E-state index is 0.00692. The van der Waals surface area contributed by atoms with Gasteiger partial charge in [-0.3, -0.25) is 19.7 Å². The standard InChI is InChI=1S/C27H26N4O8S/c1-6-39-27(34)23-18-13-40-25(22(18)26(33)30(29-23)16-9-7-15(8-10-16)14(2)3)28-24(32)17-11-20(37-4)21(38-5)12-19(17)31(35)36/h7-14H,6H2,1-5H3,(H,28,32). The van der Waals surface area contributed by atoms with Crippen LogP contribution in [0.3, 0.4) is 0 Å². The van der Waals surface area contributed by atoms with Gasteiger partial charge in [0.25, 0.3) is 17.2 Å². The van der Waals surface area contributed by atoms with Crippen LogP contribution in [0.4, 0.5) is 10.7 Å². The van der Waals surface area contributed by atoms with Gasteiger partial charge in [-0.05, 0) is 30.5 Å². The molecule has 0 bridgehead atoms. The highest BCUT2D eigenvalue weighted by atomic mass is 32.1. The molecule has 0 saturated heterocycles. The number of methoxy groups -OCH3 is 2. The summed E-state index contributed by atoms with van der Waals surface area (Å²) in [7, 11) is 2.65. The van der Waals surface area contributed by atoms with E-state index < -0.39 is 28.0 Å². The van der Waals surface area contributed by atoms with Crippen molar-refractivity contribution in [3.05, 3.63) is 79.1 Å². The number of anilines is 1. The van der Waals surface area contributed by atoms with Crippen molar-refractivity contribution in [2.75, 3.05) is 26.1 Å². The van der Waals surface area contributed by atoms with Crippen LogP contribution in [0, 0.1) is 10.1 Å². The van der Waals surface area contributed by atoms with Crippen LogP contribution in [-0.2, 0) is 4.74 Å². The number of amides is 1. The number of thiophene rings is 1. The zero-order valence-electron chi connectivity index (χ0n) is 22.3. The van der Waals surface area contributed by atoms with Crippen molar-refractivity contribution in [1.82, 2.24) is 9.78 Å². The minimum Gasteiger partial charge on any atom is -0.493 e. The number of ether oxygens (including phenoxy) is 3. The second kappa shape index (κ2) is 11.5. The van der Waals surface area contributed by atoms with Gasteiger partial charge in [0.05, 0.1) is 42.9 Å². The fraction of sp³-hybridized carbons (Fsp3) is 0.259. The topological polar surface area (TPSA) is 152 Å². The summed E-state index contributed by atoms with van der Waals surface area (Å²) >= 11 is 0.973. The van der Waals surface area contributed by atoms with E-state index in [0.29, 0.717) is 5.69 Å². The number of nitrogens with zero attached hydrogens (tertiary/aromatic N) is 3. The Bertz CT molecular complexity index is 1670. The van der Waals surface area contributed by atoms with E-state index in [4.69, 9.17) is 14.2 Å². The Morgan fingerprint density at radius 3 is 2.35 bits per heavy atom. The summed E-state index contributed by atoms with van der Waals surface area (Å²) in [5.74, 6) is -1.17. The number of hydrogen-bond acceptors (Lipinski definition) is 10. The number of nitro benzene ring substituents is 1. The largest absolute Gasteiger partial charge is 0.493 e. The van der Waals surface area contributed by atoms with Crippen LogP contribution in [-0.4, -0.2) is 47.4 Å². The molecule has 4 rings (SSSR count). The SMILES string of the molecule is CCOC(=O)c1nn(-c2ccc(C(C)C)cc2)c(=O)c2c(NC(=O)c3cc(OC)c(OC)cc3[N+](=O)[O-])scc12. The van der Waals surface area contributed by atoms with Crippen LogP contribution in [0.2, 0.25) is 0 Å². The number of carbonyl (C=O) groups excluding carboxylic acids is 2. The summed E-state index contributed by atoms with van der Waals surface area (Å²) in [5.41, 5.74) is -0.0951. The molecule has 0 aliphatic carbocycles. The zero-order chi connectivity index (χ0) is 29.1. The second-order valence-corrected chi connectivity index (χ2v) is 9.70. The van der Waals surface area contributed by atoms with E-state index in [1.54, 1.807) is 19.1 Å². The monoisotopic (exact) mass is 566 g/mol. The summed E-state index contributed by atoms with van der Waals surface area (Å²) in [5, 5.41) is 20.4. The van der Waals surface area contributed by atoms with Gasteiger partial charge < -0.3 is 19.5 Å². The highest BCUT2D eigenvalue weighted by Crippen LogP contribution is 2.36. The quantitative estimate of drug-likeness (QED) is 0.169. The van der Waals surface area contributed by atoms with Gasteiger partial charge in [0, 0.05) is 16.8 Å². The summed E-state index contributed by atoms with van der Waals surface area (Å²) in [6.45, 7) is 5.80. The third kappa shape index (κ3) is 5.23. The Morgan fingerprint density at radius 1 is 1.12 bits per heavy atom. The molecule has 0 unspecified atom stereocenters. The summed E-state index contributed by atoms with van der Waals surface area (Å²) < 4.78 is 16.6. The van der Waals surface area contributed by atoms with Gasteiger partial charge in [0.1, 0.15) is 10.6 Å². The first-order chi connectivity index (χ1) is 19.1. The molecular weight excluding hydrogens is 540 g/mol. The molecule has 0 aliphatic heterocycles. The maximum absolute atomic E-state index is 13.7. The van der Waals surface area contributed by atoms with Crippen LogP contribution in [0.1, 0.15) is 53.1 Å². The number of benzene rings is 2. The Balaban J connectivity index is 1.88. The maximum atomic E-state index is 13.7. The number of carbonyl (C=O) groups is 2. The molecule has 40 heavy (non-hydrogen) atoms. The Morgan fingerprint density at radius 2 is 1.77 bits per heavy atom. The molecule has 4 aromatic rings. The van der Waals surface area contributed by atoms with Gasteiger partial charge in [-0.25, -0.2) is 4.79 Å². The van der Waals surface area contributed by atoms with E-state index in [1.807, 2.05) is 26.0 Å².